The fourth-order valence-corrected chi connectivity index (χ4v) is 2.40. The van der Waals surface area contributed by atoms with Gasteiger partial charge in [0.2, 0.25) is 0 Å². The molecule has 3 aromatic rings. The predicted octanol–water partition coefficient (Wildman–Crippen LogP) is 4.23. The second-order valence-corrected chi connectivity index (χ2v) is 5.86. The van der Waals surface area contributed by atoms with Gasteiger partial charge < -0.3 is 9.47 Å². The highest BCUT2D eigenvalue weighted by Gasteiger charge is 2.10. The molecule has 0 fully saturated rings. The Morgan fingerprint density at radius 2 is 1.96 bits per heavy atom. The van der Waals surface area contributed by atoms with Crippen molar-refractivity contribution in [3.63, 3.8) is 0 Å². The molecule has 0 aliphatic carbocycles. The largest absolute Gasteiger partial charge is 0.466 e. The topological polar surface area (TPSA) is 74.2 Å². The van der Waals surface area contributed by atoms with Crippen LogP contribution in [0, 0.1) is 5.82 Å². The quantitative estimate of drug-likeness (QED) is 0.589. The summed E-state index contributed by atoms with van der Waals surface area (Å²) >= 11 is 5.67. The van der Waals surface area contributed by atoms with E-state index < -0.39 is 5.82 Å². The first-order valence-electron chi connectivity index (χ1n) is 8.12. The molecule has 0 saturated heterocycles. The average Bonchev–Trinajstić information content (AvgIpc) is 2.65. The van der Waals surface area contributed by atoms with Crippen LogP contribution in [0.1, 0.15) is 12.6 Å². The van der Waals surface area contributed by atoms with Crippen molar-refractivity contribution in [2.24, 2.45) is 0 Å². The molecule has 0 bridgehead atoms. The van der Waals surface area contributed by atoms with E-state index in [9.17, 15) is 9.18 Å². The molecule has 8 heteroatoms. The van der Waals surface area contributed by atoms with E-state index >= 15 is 0 Å². The van der Waals surface area contributed by atoms with Gasteiger partial charge >= 0.3 is 5.97 Å². The standard InChI is InChI=1S/C19H15ClFN3O3/c1-2-26-17(25)10-14-7-8-22-18(24-14)12-3-5-15(6-4-12)27-19-16(21)9-13(20)11-23-19/h3-9,11H,2,10H2,1H3. The molecule has 0 unspecified atom stereocenters. The Bertz CT molecular complexity index is 951. The fraction of sp³-hybridized carbons (Fsp3) is 0.158. The third-order valence-electron chi connectivity index (χ3n) is 3.45. The van der Waals surface area contributed by atoms with E-state index in [2.05, 4.69) is 15.0 Å². The van der Waals surface area contributed by atoms with Gasteiger partial charge in [0.05, 0.1) is 23.7 Å². The summed E-state index contributed by atoms with van der Waals surface area (Å²) in [6.07, 6.45) is 2.96. The molecule has 0 saturated carbocycles. The van der Waals surface area contributed by atoms with Gasteiger partial charge in [0.1, 0.15) is 5.75 Å². The molecule has 1 aromatic carbocycles. The monoisotopic (exact) mass is 387 g/mol. The van der Waals surface area contributed by atoms with Gasteiger partial charge in [-0.15, -0.1) is 0 Å². The predicted molar refractivity (Wildman–Crippen MR) is 97.1 cm³/mol. The smallest absolute Gasteiger partial charge is 0.311 e. The Labute approximate surface area is 160 Å². The Morgan fingerprint density at radius 3 is 2.67 bits per heavy atom. The highest BCUT2D eigenvalue weighted by Crippen LogP contribution is 2.26. The summed E-state index contributed by atoms with van der Waals surface area (Å²) in [4.78, 5) is 24.0. The summed E-state index contributed by atoms with van der Waals surface area (Å²) in [5.74, 6) is -0.306. The minimum absolute atomic E-state index is 0.0755. The second kappa shape index (κ2) is 8.55. The van der Waals surface area contributed by atoms with E-state index in [1.165, 1.54) is 6.20 Å². The normalized spacial score (nSPS) is 10.5. The minimum Gasteiger partial charge on any atom is -0.466 e. The van der Waals surface area contributed by atoms with Gasteiger partial charge in [-0.3, -0.25) is 4.79 Å². The zero-order valence-electron chi connectivity index (χ0n) is 14.4. The van der Waals surface area contributed by atoms with Gasteiger partial charge in [-0.2, -0.15) is 0 Å². The Hall–Kier alpha value is -3.06. The van der Waals surface area contributed by atoms with E-state index in [0.29, 0.717) is 23.9 Å². The fourth-order valence-electron chi connectivity index (χ4n) is 2.25. The molecule has 0 spiro atoms. The van der Waals surface area contributed by atoms with Gasteiger partial charge in [-0.1, -0.05) is 11.6 Å². The van der Waals surface area contributed by atoms with Crippen LogP contribution in [-0.4, -0.2) is 27.5 Å². The van der Waals surface area contributed by atoms with Gasteiger partial charge in [0.25, 0.3) is 5.88 Å². The summed E-state index contributed by atoms with van der Waals surface area (Å²) in [6.45, 7) is 2.07. The molecule has 0 atom stereocenters. The van der Waals surface area contributed by atoms with E-state index in [4.69, 9.17) is 21.1 Å². The number of rotatable bonds is 6. The Kier molecular flexibility index (Phi) is 5.93. The molecular formula is C19H15ClFN3O3. The number of esters is 1. The zero-order chi connectivity index (χ0) is 19.2. The molecular weight excluding hydrogens is 373 g/mol. The van der Waals surface area contributed by atoms with E-state index in [0.717, 1.165) is 11.6 Å². The van der Waals surface area contributed by atoms with Crippen molar-refractivity contribution in [2.45, 2.75) is 13.3 Å². The number of ether oxygens (including phenoxy) is 2. The lowest BCUT2D eigenvalue weighted by Gasteiger charge is -2.07. The highest BCUT2D eigenvalue weighted by molar-refractivity contribution is 6.30. The molecule has 6 nitrogen and oxygen atoms in total. The van der Waals surface area contributed by atoms with Crippen molar-refractivity contribution in [1.29, 1.82) is 0 Å². The molecule has 3 rings (SSSR count). The van der Waals surface area contributed by atoms with Crippen molar-refractivity contribution < 1.29 is 18.7 Å². The number of aromatic nitrogens is 3. The number of halogens is 2. The maximum Gasteiger partial charge on any atom is 0.311 e. The molecule has 138 valence electrons. The van der Waals surface area contributed by atoms with Crippen molar-refractivity contribution in [3.8, 4) is 23.0 Å². The number of hydrogen-bond donors (Lipinski definition) is 0. The molecule has 0 aliphatic rings. The molecule has 2 aromatic heterocycles. The molecule has 0 aliphatic heterocycles. The first-order chi connectivity index (χ1) is 13.0. The lowest BCUT2D eigenvalue weighted by molar-refractivity contribution is -0.142. The van der Waals surface area contributed by atoms with Crippen molar-refractivity contribution in [2.75, 3.05) is 6.61 Å². The van der Waals surface area contributed by atoms with E-state index in [1.807, 2.05) is 0 Å². The first kappa shape index (κ1) is 18.7. The van der Waals surface area contributed by atoms with Gasteiger partial charge in [-0.05, 0) is 43.3 Å². The van der Waals surface area contributed by atoms with Crippen LogP contribution in [0.5, 0.6) is 11.6 Å². The lowest BCUT2D eigenvalue weighted by Crippen LogP contribution is -2.09. The first-order valence-corrected chi connectivity index (χ1v) is 8.50. The third-order valence-corrected chi connectivity index (χ3v) is 3.65. The number of nitrogens with zero attached hydrogens (tertiary/aromatic N) is 3. The third kappa shape index (κ3) is 4.98. The van der Waals surface area contributed by atoms with Crippen LogP contribution < -0.4 is 4.74 Å². The average molecular weight is 388 g/mol. The number of carbonyl (C=O) groups excluding carboxylic acids is 1. The summed E-state index contributed by atoms with van der Waals surface area (Å²) in [5, 5.41) is 0.190. The number of benzene rings is 1. The summed E-state index contributed by atoms with van der Waals surface area (Å²) in [5.41, 5.74) is 1.28. The molecule has 0 radical (unpaired) electrons. The van der Waals surface area contributed by atoms with Crippen LogP contribution in [-0.2, 0) is 16.0 Å². The van der Waals surface area contributed by atoms with Crippen LogP contribution in [0.15, 0.2) is 48.8 Å². The van der Waals surface area contributed by atoms with Crippen molar-refractivity contribution in [3.05, 3.63) is 65.3 Å². The SMILES string of the molecule is CCOC(=O)Cc1ccnc(-c2ccc(Oc3ncc(Cl)cc3F)cc2)n1. The number of carbonyl (C=O) groups is 1. The maximum atomic E-state index is 13.8. The van der Waals surface area contributed by atoms with Gasteiger partial charge in [-0.25, -0.2) is 19.3 Å². The highest BCUT2D eigenvalue weighted by atomic mass is 35.5. The lowest BCUT2D eigenvalue weighted by atomic mass is 10.2. The zero-order valence-corrected chi connectivity index (χ0v) is 15.1. The van der Waals surface area contributed by atoms with Crippen LogP contribution in [0.25, 0.3) is 11.4 Å². The molecule has 0 N–H and O–H groups in total. The number of hydrogen-bond acceptors (Lipinski definition) is 6. The maximum absolute atomic E-state index is 13.8. The van der Waals surface area contributed by atoms with Crippen LogP contribution in [0.3, 0.4) is 0 Å². The van der Waals surface area contributed by atoms with Crippen LogP contribution in [0.4, 0.5) is 4.39 Å². The molecule has 27 heavy (non-hydrogen) atoms. The van der Waals surface area contributed by atoms with Crippen molar-refractivity contribution in [1.82, 2.24) is 15.0 Å². The summed E-state index contributed by atoms with van der Waals surface area (Å²) < 4.78 is 24.1. The van der Waals surface area contributed by atoms with Gasteiger partial charge in [0.15, 0.2) is 11.6 Å². The van der Waals surface area contributed by atoms with E-state index in [1.54, 1.807) is 43.5 Å². The Morgan fingerprint density at radius 1 is 1.19 bits per heavy atom. The summed E-state index contributed by atoms with van der Waals surface area (Å²) in [7, 11) is 0. The number of pyridine rings is 1. The van der Waals surface area contributed by atoms with Crippen LogP contribution >= 0.6 is 11.6 Å². The second-order valence-electron chi connectivity index (χ2n) is 5.42. The van der Waals surface area contributed by atoms with Crippen molar-refractivity contribution >= 4 is 17.6 Å². The molecule has 2 heterocycles. The molecule has 0 amide bonds. The minimum atomic E-state index is -0.651. The summed E-state index contributed by atoms with van der Waals surface area (Å²) in [6, 6.07) is 9.53. The van der Waals surface area contributed by atoms with Gasteiger partial charge in [0, 0.05) is 18.0 Å². The van der Waals surface area contributed by atoms with Crippen LogP contribution in [0.2, 0.25) is 5.02 Å². The Balaban J connectivity index is 1.74. The van der Waals surface area contributed by atoms with E-state index in [-0.39, 0.29) is 23.3 Å².